The second-order valence-corrected chi connectivity index (χ2v) is 6.14. The molecule has 3 unspecified atom stereocenters. The number of aliphatic hydroxyl groups excluding tert-OH is 3. The molecule has 5 heteroatoms. The van der Waals surface area contributed by atoms with Gasteiger partial charge in [0.1, 0.15) is 23.7 Å². The van der Waals surface area contributed by atoms with Crippen molar-refractivity contribution in [3.63, 3.8) is 0 Å². The Morgan fingerprint density at radius 1 is 1.08 bits per heavy atom. The molecule has 24 heavy (non-hydrogen) atoms. The predicted octanol–water partition coefficient (Wildman–Crippen LogP) is 2.33. The minimum atomic E-state index is -1.02. The van der Waals surface area contributed by atoms with E-state index in [9.17, 15) is 15.3 Å². The van der Waals surface area contributed by atoms with Crippen molar-refractivity contribution in [2.24, 2.45) is 0 Å². The number of aliphatic hydroxyl groups is 3. The SMILES string of the molecule is Cc1cccc(Oc2ccc([C@H]3OC(CO)CC(O)C3O)cc2)c1. The summed E-state index contributed by atoms with van der Waals surface area (Å²) in [5, 5.41) is 29.3. The Kier molecular flexibility index (Phi) is 5.16. The molecular formula is C19H22O5. The van der Waals surface area contributed by atoms with Crippen LogP contribution in [0.4, 0.5) is 0 Å². The average molecular weight is 330 g/mol. The summed E-state index contributed by atoms with van der Waals surface area (Å²) in [6, 6.07) is 15.0. The standard InChI is InChI=1S/C19H22O5/c1-12-3-2-4-15(9-12)23-14-7-5-13(6-8-14)19-18(22)17(21)10-16(11-20)24-19/h2-9,16-22H,10-11H2,1H3/t16?,17?,18?,19-/m1/s1. The van der Waals surface area contributed by atoms with E-state index in [2.05, 4.69) is 0 Å². The monoisotopic (exact) mass is 330 g/mol. The van der Waals surface area contributed by atoms with Gasteiger partial charge in [-0.15, -0.1) is 0 Å². The first kappa shape index (κ1) is 16.9. The summed E-state index contributed by atoms with van der Waals surface area (Å²) < 4.78 is 11.5. The van der Waals surface area contributed by atoms with E-state index in [-0.39, 0.29) is 13.0 Å². The normalized spacial score (nSPS) is 27.0. The zero-order valence-corrected chi connectivity index (χ0v) is 13.5. The molecule has 3 N–H and O–H groups in total. The fourth-order valence-corrected chi connectivity index (χ4v) is 2.89. The molecule has 0 saturated carbocycles. The van der Waals surface area contributed by atoms with E-state index >= 15 is 0 Å². The fourth-order valence-electron chi connectivity index (χ4n) is 2.89. The van der Waals surface area contributed by atoms with E-state index < -0.39 is 24.4 Å². The van der Waals surface area contributed by atoms with Gasteiger partial charge in [-0.05, 0) is 42.3 Å². The molecule has 4 atom stereocenters. The highest BCUT2D eigenvalue weighted by Crippen LogP contribution is 2.33. The van der Waals surface area contributed by atoms with Crippen molar-refractivity contribution >= 4 is 0 Å². The van der Waals surface area contributed by atoms with Gasteiger partial charge < -0.3 is 24.8 Å². The van der Waals surface area contributed by atoms with Gasteiger partial charge in [0, 0.05) is 6.42 Å². The lowest BCUT2D eigenvalue weighted by Gasteiger charge is -2.36. The lowest BCUT2D eigenvalue weighted by molar-refractivity contribution is -0.179. The lowest BCUT2D eigenvalue weighted by Crippen LogP contribution is -2.44. The Hall–Kier alpha value is -1.92. The van der Waals surface area contributed by atoms with E-state index in [1.165, 1.54) is 0 Å². The molecular weight excluding hydrogens is 308 g/mol. The second kappa shape index (κ2) is 7.32. The smallest absolute Gasteiger partial charge is 0.127 e. The number of benzene rings is 2. The van der Waals surface area contributed by atoms with Crippen LogP contribution in [0.5, 0.6) is 11.5 Å². The van der Waals surface area contributed by atoms with E-state index in [1.807, 2.05) is 31.2 Å². The van der Waals surface area contributed by atoms with Gasteiger partial charge in [0.25, 0.3) is 0 Å². The van der Waals surface area contributed by atoms with Crippen LogP contribution in [-0.4, -0.2) is 40.2 Å². The van der Waals surface area contributed by atoms with Gasteiger partial charge in [0.05, 0.1) is 18.8 Å². The second-order valence-electron chi connectivity index (χ2n) is 6.14. The molecule has 1 heterocycles. The topological polar surface area (TPSA) is 79.2 Å². The highest BCUT2D eigenvalue weighted by atomic mass is 16.5. The zero-order valence-electron chi connectivity index (χ0n) is 13.5. The summed E-state index contributed by atoms with van der Waals surface area (Å²) in [7, 11) is 0. The van der Waals surface area contributed by atoms with Gasteiger partial charge >= 0.3 is 0 Å². The van der Waals surface area contributed by atoms with Crippen molar-refractivity contribution < 1.29 is 24.8 Å². The molecule has 0 amide bonds. The molecule has 0 radical (unpaired) electrons. The molecule has 5 nitrogen and oxygen atoms in total. The van der Waals surface area contributed by atoms with E-state index in [0.29, 0.717) is 5.75 Å². The minimum absolute atomic E-state index is 0.186. The quantitative estimate of drug-likeness (QED) is 0.802. The number of hydrogen-bond acceptors (Lipinski definition) is 5. The Morgan fingerprint density at radius 2 is 1.83 bits per heavy atom. The van der Waals surface area contributed by atoms with Gasteiger partial charge in [-0.25, -0.2) is 0 Å². The summed E-state index contributed by atoms with van der Waals surface area (Å²) in [4.78, 5) is 0. The Labute approximate surface area is 141 Å². The molecule has 0 aliphatic carbocycles. The summed E-state index contributed by atoms with van der Waals surface area (Å²) in [6.07, 6.45) is -2.85. The van der Waals surface area contributed by atoms with E-state index in [0.717, 1.165) is 16.9 Å². The molecule has 2 aromatic rings. The van der Waals surface area contributed by atoms with Crippen LogP contribution in [0.25, 0.3) is 0 Å². The highest BCUT2D eigenvalue weighted by Gasteiger charge is 2.37. The van der Waals surface area contributed by atoms with Crippen molar-refractivity contribution in [3.05, 3.63) is 59.7 Å². The molecule has 1 aliphatic rings. The molecule has 0 aromatic heterocycles. The van der Waals surface area contributed by atoms with Crippen LogP contribution in [0.15, 0.2) is 48.5 Å². The summed E-state index contributed by atoms with van der Waals surface area (Å²) in [6.45, 7) is 1.81. The molecule has 2 aromatic carbocycles. The first-order valence-electron chi connectivity index (χ1n) is 8.04. The van der Waals surface area contributed by atoms with Crippen LogP contribution >= 0.6 is 0 Å². The molecule has 3 rings (SSSR count). The highest BCUT2D eigenvalue weighted by molar-refractivity contribution is 5.35. The van der Waals surface area contributed by atoms with Gasteiger partial charge in [-0.1, -0.05) is 24.3 Å². The van der Waals surface area contributed by atoms with E-state index in [4.69, 9.17) is 9.47 Å². The first-order chi connectivity index (χ1) is 11.6. The summed E-state index contributed by atoms with van der Waals surface area (Å²) in [5.74, 6) is 1.43. The first-order valence-corrected chi connectivity index (χ1v) is 8.04. The van der Waals surface area contributed by atoms with Gasteiger partial charge in [-0.3, -0.25) is 0 Å². The largest absolute Gasteiger partial charge is 0.457 e. The number of rotatable bonds is 4. The summed E-state index contributed by atoms with van der Waals surface area (Å²) >= 11 is 0. The molecule has 0 bridgehead atoms. The van der Waals surface area contributed by atoms with Crippen LogP contribution in [0, 0.1) is 6.92 Å². The van der Waals surface area contributed by atoms with Crippen molar-refractivity contribution in [3.8, 4) is 11.5 Å². The van der Waals surface area contributed by atoms with Crippen LogP contribution in [0.1, 0.15) is 23.7 Å². The molecule has 1 fully saturated rings. The Morgan fingerprint density at radius 3 is 2.50 bits per heavy atom. The van der Waals surface area contributed by atoms with Gasteiger partial charge in [0.15, 0.2) is 0 Å². The average Bonchev–Trinajstić information content (AvgIpc) is 2.58. The van der Waals surface area contributed by atoms with Crippen LogP contribution in [0.3, 0.4) is 0 Å². The summed E-state index contributed by atoms with van der Waals surface area (Å²) in [5.41, 5.74) is 1.85. The third-order valence-corrected chi connectivity index (χ3v) is 4.19. The van der Waals surface area contributed by atoms with Gasteiger partial charge in [0.2, 0.25) is 0 Å². The molecule has 128 valence electrons. The maximum atomic E-state index is 10.2. The maximum absolute atomic E-state index is 10.2. The number of ether oxygens (including phenoxy) is 2. The number of hydrogen-bond donors (Lipinski definition) is 3. The van der Waals surface area contributed by atoms with Crippen molar-refractivity contribution in [1.82, 2.24) is 0 Å². The van der Waals surface area contributed by atoms with Crippen molar-refractivity contribution in [2.45, 2.75) is 37.8 Å². The van der Waals surface area contributed by atoms with Crippen LogP contribution < -0.4 is 4.74 Å². The number of aryl methyl sites for hydroxylation is 1. The fraction of sp³-hybridized carbons (Fsp3) is 0.368. The predicted molar refractivity (Wildman–Crippen MR) is 89.0 cm³/mol. The maximum Gasteiger partial charge on any atom is 0.127 e. The minimum Gasteiger partial charge on any atom is -0.457 e. The molecule has 1 aliphatic heterocycles. The van der Waals surface area contributed by atoms with Crippen molar-refractivity contribution in [1.29, 1.82) is 0 Å². The van der Waals surface area contributed by atoms with Crippen LogP contribution in [0.2, 0.25) is 0 Å². The third kappa shape index (κ3) is 3.76. The van der Waals surface area contributed by atoms with Crippen LogP contribution in [-0.2, 0) is 4.74 Å². The Bertz CT molecular complexity index is 670. The lowest BCUT2D eigenvalue weighted by atomic mass is 9.93. The van der Waals surface area contributed by atoms with Crippen molar-refractivity contribution in [2.75, 3.05) is 6.61 Å². The van der Waals surface area contributed by atoms with Gasteiger partial charge in [-0.2, -0.15) is 0 Å². The Balaban J connectivity index is 1.73. The molecule has 1 saturated heterocycles. The molecule has 0 spiro atoms. The third-order valence-electron chi connectivity index (χ3n) is 4.19. The zero-order chi connectivity index (χ0) is 17.1. The van der Waals surface area contributed by atoms with E-state index in [1.54, 1.807) is 24.3 Å².